The predicted octanol–water partition coefficient (Wildman–Crippen LogP) is 0.999. The zero-order valence-electron chi connectivity index (χ0n) is 12.2. The Morgan fingerprint density at radius 2 is 2.29 bits per heavy atom. The summed E-state index contributed by atoms with van der Waals surface area (Å²) >= 11 is 0. The number of morpholine rings is 1. The van der Waals surface area contributed by atoms with Gasteiger partial charge in [-0.05, 0) is 25.0 Å². The minimum absolute atomic E-state index is 0.0283. The second-order valence-corrected chi connectivity index (χ2v) is 5.57. The fourth-order valence-electron chi connectivity index (χ4n) is 2.79. The second kappa shape index (κ2) is 6.87. The van der Waals surface area contributed by atoms with Gasteiger partial charge in [-0.3, -0.25) is 4.79 Å². The number of carbonyl (C=O) groups is 1. The first-order valence-electron chi connectivity index (χ1n) is 7.63. The van der Waals surface area contributed by atoms with Crippen molar-refractivity contribution in [1.29, 1.82) is 0 Å². The van der Waals surface area contributed by atoms with E-state index in [9.17, 15) is 4.79 Å². The molecule has 0 saturated carbocycles. The summed E-state index contributed by atoms with van der Waals surface area (Å²) in [4.78, 5) is 18.6. The highest BCUT2D eigenvalue weighted by atomic mass is 16.5. The van der Waals surface area contributed by atoms with Crippen molar-refractivity contribution in [2.45, 2.75) is 25.3 Å². The van der Waals surface area contributed by atoms with E-state index < -0.39 is 0 Å². The Morgan fingerprint density at radius 3 is 2.95 bits per heavy atom. The summed E-state index contributed by atoms with van der Waals surface area (Å²) in [6.07, 6.45) is 4.74. The van der Waals surface area contributed by atoms with E-state index in [-0.39, 0.29) is 11.9 Å². The van der Waals surface area contributed by atoms with Gasteiger partial charge >= 0.3 is 0 Å². The molecule has 21 heavy (non-hydrogen) atoms. The molecule has 1 aromatic heterocycles. The van der Waals surface area contributed by atoms with Crippen LogP contribution in [0.15, 0.2) is 18.3 Å². The fraction of sp³-hybridized carbons (Fsp3) is 0.600. The molecule has 6 heteroatoms. The second-order valence-electron chi connectivity index (χ2n) is 5.57. The highest BCUT2D eigenvalue weighted by molar-refractivity contribution is 5.90. The van der Waals surface area contributed by atoms with Gasteiger partial charge in [-0.1, -0.05) is 0 Å². The van der Waals surface area contributed by atoms with Crippen LogP contribution in [0.4, 0.5) is 11.5 Å². The van der Waals surface area contributed by atoms with Gasteiger partial charge in [-0.15, -0.1) is 0 Å². The van der Waals surface area contributed by atoms with Crippen molar-refractivity contribution in [1.82, 2.24) is 10.3 Å². The molecule has 3 heterocycles. The van der Waals surface area contributed by atoms with Crippen molar-refractivity contribution in [2.24, 2.45) is 0 Å². The van der Waals surface area contributed by atoms with Gasteiger partial charge in [0.1, 0.15) is 5.82 Å². The molecule has 2 N–H and O–H groups in total. The van der Waals surface area contributed by atoms with Crippen molar-refractivity contribution in [3.8, 4) is 0 Å². The molecule has 2 aliphatic rings. The molecule has 1 unspecified atom stereocenters. The number of anilines is 2. The first-order valence-corrected chi connectivity index (χ1v) is 7.63. The average Bonchev–Trinajstić information content (AvgIpc) is 3.03. The lowest BCUT2D eigenvalue weighted by molar-refractivity contribution is -0.117. The molecule has 3 rings (SSSR count). The van der Waals surface area contributed by atoms with Crippen LogP contribution in [-0.2, 0) is 9.53 Å². The number of rotatable bonds is 4. The van der Waals surface area contributed by atoms with Crippen LogP contribution >= 0.6 is 0 Å². The van der Waals surface area contributed by atoms with Crippen molar-refractivity contribution >= 4 is 17.4 Å². The van der Waals surface area contributed by atoms with E-state index in [1.807, 2.05) is 18.3 Å². The maximum atomic E-state index is 12.0. The molecule has 1 atom stereocenters. The molecule has 0 bridgehead atoms. The van der Waals surface area contributed by atoms with Crippen LogP contribution in [0.2, 0.25) is 0 Å². The third-order valence-electron chi connectivity index (χ3n) is 3.92. The number of nitrogens with zero attached hydrogens (tertiary/aromatic N) is 2. The average molecular weight is 290 g/mol. The minimum atomic E-state index is -0.0283. The lowest BCUT2D eigenvalue weighted by Crippen LogP contribution is -2.43. The Balaban J connectivity index is 1.50. The Kier molecular flexibility index (Phi) is 4.67. The molecule has 2 saturated heterocycles. The lowest BCUT2D eigenvalue weighted by atomic mass is 10.2. The summed E-state index contributed by atoms with van der Waals surface area (Å²) in [6.45, 7) is 4.31. The monoisotopic (exact) mass is 290 g/mol. The minimum Gasteiger partial charge on any atom is -0.378 e. The van der Waals surface area contributed by atoms with Crippen molar-refractivity contribution in [3.05, 3.63) is 18.3 Å². The van der Waals surface area contributed by atoms with E-state index in [1.165, 1.54) is 12.8 Å². The van der Waals surface area contributed by atoms with Crippen LogP contribution in [-0.4, -0.2) is 49.8 Å². The van der Waals surface area contributed by atoms with Crippen molar-refractivity contribution in [2.75, 3.05) is 43.1 Å². The first kappa shape index (κ1) is 14.3. The van der Waals surface area contributed by atoms with Crippen LogP contribution in [0.1, 0.15) is 19.3 Å². The zero-order valence-corrected chi connectivity index (χ0v) is 12.2. The van der Waals surface area contributed by atoms with E-state index in [0.717, 1.165) is 31.9 Å². The highest BCUT2D eigenvalue weighted by Crippen LogP contribution is 2.20. The fourth-order valence-corrected chi connectivity index (χ4v) is 2.79. The predicted molar refractivity (Wildman–Crippen MR) is 81.5 cm³/mol. The van der Waals surface area contributed by atoms with Crippen molar-refractivity contribution in [3.63, 3.8) is 0 Å². The van der Waals surface area contributed by atoms with Crippen LogP contribution < -0.4 is 15.5 Å². The Hall–Kier alpha value is -1.66. The summed E-state index contributed by atoms with van der Waals surface area (Å²) < 4.78 is 5.34. The normalized spacial score (nSPS) is 22.3. The molecule has 1 amide bonds. The highest BCUT2D eigenvalue weighted by Gasteiger charge is 2.17. The van der Waals surface area contributed by atoms with Gasteiger partial charge in [0, 0.05) is 32.1 Å². The number of carbonyl (C=O) groups excluding carboxylic acids is 1. The van der Waals surface area contributed by atoms with E-state index in [4.69, 9.17) is 4.74 Å². The molecular weight excluding hydrogens is 268 g/mol. The molecule has 0 radical (unpaired) electrons. The SMILES string of the molecule is O=C(CC1COCCN1)Nc1ccc(N2CCCC2)cn1. The van der Waals surface area contributed by atoms with Crippen LogP contribution in [0, 0.1) is 0 Å². The largest absolute Gasteiger partial charge is 0.378 e. The van der Waals surface area contributed by atoms with Gasteiger partial charge in [0.15, 0.2) is 0 Å². The summed E-state index contributed by atoms with van der Waals surface area (Å²) in [5.41, 5.74) is 1.13. The third kappa shape index (κ3) is 3.92. The first-order chi connectivity index (χ1) is 10.3. The Bertz CT molecular complexity index is 465. The molecule has 114 valence electrons. The molecule has 1 aromatic rings. The van der Waals surface area contributed by atoms with E-state index in [1.54, 1.807) is 0 Å². The number of ether oxygens (including phenoxy) is 1. The van der Waals surface area contributed by atoms with E-state index in [2.05, 4.69) is 20.5 Å². The number of amides is 1. The Morgan fingerprint density at radius 1 is 1.43 bits per heavy atom. The number of hydrogen-bond donors (Lipinski definition) is 2. The van der Waals surface area contributed by atoms with Crippen LogP contribution in [0.5, 0.6) is 0 Å². The summed E-state index contributed by atoms with van der Waals surface area (Å²) in [7, 11) is 0. The quantitative estimate of drug-likeness (QED) is 0.866. The van der Waals surface area contributed by atoms with Gasteiger partial charge in [-0.2, -0.15) is 0 Å². The topological polar surface area (TPSA) is 66.5 Å². The molecule has 0 aromatic carbocycles. The molecule has 6 nitrogen and oxygen atoms in total. The van der Waals surface area contributed by atoms with Crippen molar-refractivity contribution < 1.29 is 9.53 Å². The maximum Gasteiger partial charge on any atom is 0.227 e. The maximum absolute atomic E-state index is 12.0. The molecule has 0 aliphatic carbocycles. The lowest BCUT2D eigenvalue weighted by Gasteiger charge is -2.23. The van der Waals surface area contributed by atoms with E-state index in [0.29, 0.717) is 18.8 Å². The zero-order chi connectivity index (χ0) is 14.5. The number of hydrogen-bond acceptors (Lipinski definition) is 5. The number of aromatic nitrogens is 1. The number of nitrogens with one attached hydrogen (secondary N) is 2. The van der Waals surface area contributed by atoms with E-state index >= 15 is 0 Å². The van der Waals surface area contributed by atoms with Crippen LogP contribution in [0.3, 0.4) is 0 Å². The summed E-state index contributed by atoms with van der Waals surface area (Å²) in [5, 5.41) is 6.11. The standard InChI is InChI=1S/C15H22N4O2/c20-15(9-12-11-21-8-5-16-12)18-14-4-3-13(10-17-14)19-6-1-2-7-19/h3-4,10,12,16H,1-2,5-9,11H2,(H,17,18,20). The van der Waals surface area contributed by atoms with Crippen LogP contribution in [0.25, 0.3) is 0 Å². The Labute approximate surface area is 124 Å². The van der Waals surface area contributed by atoms with Gasteiger partial charge in [0.25, 0.3) is 0 Å². The summed E-state index contributed by atoms with van der Waals surface area (Å²) in [6, 6.07) is 3.99. The van der Waals surface area contributed by atoms with Gasteiger partial charge in [-0.25, -0.2) is 4.98 Å². The van der Waals surface area contributed by atoms with Gasteiger partial charge in [0.2, 0.25) is 5.91 Å². The third-order valence-corrected chi connectivity index (χ3v) is 3.92. The summed E-state index contributed by atoms with van der Waals surface area (Å²) in [5.74, 6) is 0.582. The molecular formula is C15H22N4O2. The smallest absolute Gasteiger partial charge is 0.227 e. The molecule has 2 fully saturated rings. The number of pyridine rings is 1. The molecule has 0 spiro atoms. The van der Waals surface area contributed by atoms with Gasteiger partial charge < -0.3 is 20.3 Å². The molecule has 2 aliphatic heterocycles. The van der Waals surface area contributed by atoms with Gasteiger partial charge in [0.05, 0.1) is 25.1 Å².